The smallest absolute Gasteiger partial charge is 0.335 e. The highest BCUT2D eigenvalue weighted by Crippen LogP contribution is 2.27. The van der Waals surface area contributed by atoms with Crippen molar-refractivity contribution >= 4 is 40.6 Å². The molecule has 1 saturated heterocycles. The minimum Gasteiger partial charge on any atom is -0.478 e. The molecule has 2 heterocycles. The van der Waals surface area contributed by atoms with Crippen LogP contribution in [0, 0.1) is 0 Å². The third kappa shape index (κ3) is 3.64. The summed E-state index contributed by atoms with van der Waals surface area (Å²) < 4.78 is 0. The Balaban J connectivity index is 1.79. The molecule has 0 radical (unpaired) electrons. The second kappa shape index (κ2) is 6.45. The number of amidine groups is 1. The van der Waals surface area contributed by atoms with Gasteiger partial charge in [0.2, 0.25) is 0 Å². The van der Waals surface area contributed by atoms with E-state index in [2.05, 4.69) is 15.3 Å². The highest BCUT2D eigenvalue weighted by atomic mass is 32.2. The average Bonchev–Trinajstić information content (AvgIpc) is 2.88. The van der Waals surface area contributed by atoms with Crippen LogP contribution in [-0.2, 0) is 4.79 Å². The fourth-order valence-electron chi connectivity index (χ4n) is 1.89. The molecule has 0 spiro atoms. The second-order valence-corrected chi connectivity index (χ2v) is 5.64. The lowest BCUT2D eigenvalue weighted by molar-refractivity contribution is -0.115. The number of aromatic carboxylic acids is 1. The van der Waals surface area contributed by atoms with Crippen LogP contribution in [0.3, 0.4) is 0 Å². The number of carbonyl (C=O) groups is 2. The summed E-state index contributed by atoms with van der Waals surface area (Å²) in [6, 6.07) is 9.73. The van der Waals surface area contributed by atoms with E-state index in [1.165, 1.54) is 23.9 Å². The number of benzene rings is 1. The van der Waals surface area contributed by atoms with Crippen LogP contribution < -0.4 is 5.32 Å². The van der Waals surface area contributed by atoms with E-state index in [9.17, 15) is 9.59 Å². The first kappa shape index (κ1) is 15.0. The molecule has 0 unspecified atom stereocenters. The van der Waals surface area contributed by atoms with Gasteiger partial charge in [-0.3, -0.25) is 9.78 Å². The quantitative estimate of drug-likeness (QED) is 0.847. The van der Waals surface area contributed by atoms with Crippen LogP contribution in [0.2, 0.25) is 0 Å². The van der Waals surface area contributed by atoms with Crippen LogP contribution in [-0.4, -0.2) is 27.1 Å². The Kier molecular flexibility index (Phi) is 4.20. The Morgan fingerprint density at radius 2 is 1.87 bits per heavy atom. The van der Waals surface area contributed by atoms with E-state index in [1.54, 1.807) is 42.7 Å². The van der Waals surface area contributed by atoms with Crippen molar-refractivity contribution in [2.45, 2.75) is 0 Å². The summed E-state index contributed by atoms with van der Waals surface area (Å²) in [4.78, 5) is 31.5. The fraction of sp³-hybridized carbons (Fsp3) is 0. The number of carbonyl (C=O) groups excluding carboxylic acids is 1. The summed E-state index contributed by atoms with van der Waals surface area (Å²) in [6.45, 7) is 0. The van der Waals surface area contributed by atoms with Gasteiger partial charge >= 0.3 is 5.97 Å². The Morgan fingerprint density at radius 3 is 2.52 bits per heavy atom. The van der Waals surface area contributed by atoms with Gasteiger partial charge < -0.3 is 10.4 Å². The molecule has 6 nitrogen and oxygen atoms in total. The summed E-state index contributed by atoms with van der Waals surface area (Å²) in [5, 5.41) is 12.0. The van der Waals surface area contributed by atoms with E-state index in [4.69, 9.17) is 5.11 Å². The van der Waals surface area contributed by atoms with Gasteiger partial charge in [-0.25, -0.2) is 9.79 Å². The van der Waals surface area contributed by atoms with E-state index < -0.39 is 5.97 Å². The number of hydrogen-bond acceptors (Lipinski definition) is 5. The molecular weight excluding hydrogens is 314 g/mol. The van der Waals surface area contributed by atoms with E-state index in [0.29, 0.717) is 15.8 Å². The van der Waals surface area contributed by atoms with Crippen LogP contribution in [0.4, 0.5) is 5.69 Å². The normalized spacial score (nSPS) is 17.5. The lowest BCUT2D eigenvalue weighted by Crippen LogP contribution is -2.19. The molecule has 1 aromatic carbocycles. The molecule has 1 aliphatic heterocycles. The van der Waals surface area contributed by atoms with Crippen molar-refractivity contribution < 1.29 is 14.7 Å². The molecule has 23 heavy (non-hydrogen) atoms. The number of carboxylic acid groups (broad SMARTS) is 1. The van der Waals surface area contributed by atoms with Crippen molar-refractivity contribution in [1.82, 2.24) is 10.3 Å². The Labute approximate surface area is 136 Å². The van der Waals surface area contributed by atoms with Gasteiger partial charge in [0.05, 0.1) is 16.2 Å². The number of aromatic nitrogens is 1. The number of amides is 1. The molecule has 114 valence electrons. The first-order valence-corrected chi connectivity index (χ1v) is 7.46. The van der Waals surface area contributed by atoms with Crippen molar-refractivity contribution in [1.29, 1.82) is 0 Å². The monoisotopic (exact) mass is 325 g/mol. The van der Waals surface area contributed by atoms with Crippen molar-refractivity contribution in [3.05, 3.63) is 64.8 Å². The summed E-state index contributed by atoms with van der Waals surface area (Å²) in [5.74, 6) is -1.21. The van der Waals surface area contributed by atoms with Gasteiger partial charge in [0.15, 0.2) is 5.17 Å². The lowest BCUT2D eigenvalue weighted by Gasteiger charge is -1.97. The summed E-state index contributed by atoms with van der Waals surface area (Å²) in [7, 11) is 0. The lowest BCUT2D eigenvalue weighted by atomic mass is 10.2. The third-order valence-corrected chi connectivity index (χ3v) is 3.91. The van der Waals surface area contributed by atoms with Crippen LogP contribution in [0.1, 0.15) is 15.9 Å². The number of rotatable bonds is 3. The highest BCUT2D eigenvalue weighted by Gasteiger charge is 2.23. The minimum atomic E-state index is -0.990. The zero-order valence-electron chi connectivity index (χ0n) is 11.8. The van der Waals surface area contributed by atoms with Crippen LogP contribution in [0.25, 0.3) is 6.08 Å². The van der Waals surface area contributed by atoms with Gasteiger partial charge in [0.1, 0.15) is 0 Å². The maximum Gasteiger partial charge on any atom is 0.335 e. The molecule has 1 fully saturated rings. The molecule has 0 aliphatic carbocycles. The number of thioether (sulfide) groups is 1. The number of carboxylic acids is 1. The van der Waals surface area contributed by atoms with Crippen LogP contribution in [0.15, 0.2) is 58.7 Å². The largest absolute Gasteiger partial charge is 0.478 e. The Hall–Kier alpha value is -2.93. The molecule has 2 N–H and O–H groups in total. The number of nitrogens with one attached hydrogen (secondary N) is 1. The topological polar surface area (TPSA) is 91.7 Å². The maximum atomic E-state index is 11.9. The molecule has 7 heteroatoms. The molecule has 1 amide bonds. The van der Waals surface area contributed by atoms with E-state index >= 15 is 0 Å². The number of aliphatic imine (C=N–C) groups is 1. The van der Waals surface area contributed by atoms with Gasteiger partial charge in [-0.15, -0.1) is 0 Å². The molecule has 1 aromatic heterocycles. The van der Waals surface area contributed by atoms with Gasteiger partial charge in [-0.05, 0) is 59.8 Å². The van der Waals surface area contributed by atoms with Crippen molar-refractivity contribution in [3.63, 3.8) is 0 Å². The minimum absolute atomic E-state index is 0.190. The van der Waals surface area contributed by atoms with Gasteiger partial charge in [-0.2, -0.15) is 0 Å². The number of pyridine rings is 1. The van der Waals surface area contributed by atoms with E-state index in [0.717, 1.165) is 5.56 Å². The SMILES string of the molecule is O=C1NC(=Nc2ccc(C(=O)O)cc2)S/C1=C\c1ccncc1. The summed E-state index contributed by atoms with van der Waals surface area (Å²) in [6.07, 6.45) is 5.07. The standard InChI is InChI=1S/C16H11N3O3S/c20-14-13(9-10-5-7-17-8-6-10)23-16(19-14)18-12-3-1-11(2-4-12)15(21)22/h1-9H,(H,21,22)(H,18,19,20)/b13-9-. The van der Waals surface area contributed by atoms with Crippen LogP contribution in [0.5, 0.6) is 0 Å². The highest BCUT2D eigenvalue weighted by molar-refractivity contribution is 8.18. The van der Waals surface area contributed by atoms with Gasteiger partial charge in [-0.1, -0.05) is 0 Å². The predicted octanol–water partition coefficient (Wildman–Crippen LogP) is 2.67. The molecular formula is C16H11N3O3S. The zero-order valence-corrected chi connectivity index (χ0v) is 12.6. The molecule has 3 rings (SSSR count). The van der Waals surface area contributed by atoms with E-state index in [-0.39, 0.29) is 11.5 Å². The first-order chi connectivity index (χ1) is 11.1. The molecule has 0 bridgehead atoms. The van der Waals surface area contributed by atoms with Gasteiger partial charge in [0.25, 0.3) is 5.91 Å². The van der Waals surface area contributed by atoms with Crippen molar-refractivity contribution in [2.24, 2.45) is 4.99 Å². The molecule has 2 aromatic rings. The Morgan fingerprint density at radius 1 is 1.17 bits per heavy atom. The van der Waals surface area contributed by atoms with Crippen molar-refractivity contribution in [2.75, 3.05) is 0 Å². The molecule has 0 atom stereocenters. The second-order valence-electron chi connectivity index (χ2n) is 4.61. The Bertz CT molecular complexity index is 814. The number of nitrogens with zero attached hydrogens (tertiary/aromatic N) is 2. The molecule has 1 aliphatic rings. The summed E-state index contributed by atoms with van der Waals surface area (Å²) in [5.41, 5.74) is 1.64. The maximum absolute atomic E-state index is 11.9. The molecule has 0 saturated carbocycles. The third-order valence-electron chi connectivity index (χ3n) is 3.00. The predicted molar refractivity (Wildman–Crippen MR) is 88.4 cm³/mol. The number of hydrogen-bond donors (Lipinski definition) is 2. The zero-order chi connectivity index (χ0) is 16.2. The first-order valence-electron chi connectivity index (χ1n) is 6.65. The van der Waals surface area contributed by atoms with Gasteiger partial charge in [0, 0.05) is 12.4 Å². The summed E-state index contributed by atoms with van der Waals surface area (Å²) >= 11 is 1.23. The average molecular weight is 325 g/mol. The fourth-order valence-corrected chi connectivity index (χ4v) is 2.73. The van der Waals surface area contributed by atoms with E-state index in [1.807, 2.05) is 0 Å². The van der Waals surface area contributed by atoms with Crippen LogP contribution >= 0.6 is 11.8 Å². The van der Waals surface area contributed by atoms with Crippen molar-refractivity contribution in [3.8, 4) is 0 Å².